The van der Waals surface area contributed by atoms with Gasteiger partial charge in [0.1, 0.15) is 0 Å². The molecule has 15 heavy (non-hydrogen) atoms. The van der Waals surface area contributed by atoms with Crippen LogP contribution in [0.3, 0.4) is 0 Å². The van der Waals surface area contributed by atoms with Gasteiger partial charge in [-0.3, -0.25) is 0 Å². The molecule has 0 heteroatoms. The van der Waals surface area contributed by atoms with Crippen LogP contribution in [-0.2, 0) is 0 Å². The van der Waals surface area contributed by atoms with Gasteiger partial charge in [-0.25, -0.2) is 0 Å². The summed E-state index contributed by atoms with van der Waals surface area (Å²) in [4.78, 5) is 0. The highest BCUT2D eigenvalue weighted by Gasteiger charge is 1.99. The fourth-order valence-corrected chi connectivity index (χ4v) is 2.04. The third-order valence-corrected chi connectivity index (χ3v) is 2.81. The second-order valence-corrected chi connectivity index (χ2v) is 3.92. The minimum Gasteiger partial charge on any atom is -0.0616 e. The molecule has 3 rings (SSSR count). The van der Waals surface area contributed by atoms with Gasteiger partial charge < -0.3 is 0 Å². The molecule has 0 heterocycles. The van der Waals surface area contributed by atoms with E-state index in [-0.39, 0.29) is 0 Å². The number of hydrogen-bond donors (Lipinski definition) is 0. The van der Waals surface area contributed by atoms with Crippen molar-refractivity contribution in [3.8, 4) is 0 Å². The van der Waals surface area contributed by atoms with Crippen molar-refractivity contribution in [2.75, 3.05) is 0 Å². The summed E-state index contributed by atoms with van der Waals surface area (Å²) in [5, 5.41) is 5.06. The van der Waals surface area contributed by atoms with Crippen LogP contribution in [0.5, 0.6) is 0 Å². The first-order valence-electron chi connectivity index (χ1n) is 5.14. The minimum atomic E-state index is 1.20. The quantitative estimate of drug-likeness (QED) is 0.469. The zero-order chi connectivity index (χ0) is 10.3. The zero-order valence-corrected chi connectivity index (χ0v) is 8.62. The fraction of sp³-hybridized carbons (Fsp3) is 0.0667. The monoisotopic (exact) mass is 191 g/mol. The number of aryl methyl sites for hydroxylation is 1. The van der Waals surface area contributed by atoms with Crippen LogP contribution < -0.4 is 0 Å². The Balaban J connectivity index is 2.55. The molecule has 71 valence electrons. The Bertz CT molecular complexity index is 636. The third kappa shape index (κ3) is 1.30. The molecule has 0 atom stereocenters. The van der Waals surface area contributed by atoms with Gasteiger partial charge in [0, 0.05) is 0 Å². The summed E-state index contributed by atoms with van der Waals surface area (Å²) in [5.74, 6) is 0. The first-order chi connectivity index (χ1) is 7.34. The SMILES string of the molecule is Cc1ccc2c([c]cc3ccccc32)c1. The maximum atomic E-state index is 3.33. The molecule has 0 fully saturated rings. The summed E-state index contributed by atoms with van der Waals surface area (Å²) >= 11 is 0. The zero-order valence-electron chi connectivity index (χ0n) is 8.62. The molecule has 1 radical (unpaired) electrons. The van der Waals surface area contributed by atoms with Gasteiger partial charge in [0.25, 0.3) is 0 Å². The van der Waals surface area contributed by atoms with Gasteiger partial charge in [0.15, 0.2) is 0 Å². The van der Waals surface area contributed by atoms with Crippen molar-refractivity contribution < 1.29 is 0 Å². The highest BCUT2D eigenvalue weighted by molar-refractivity contribution is 6.07. The summed E-state index contributed by atoms with van der Waals surface area (Å²) in [7, 11) is 0. The van der Waals surface area contributed by atoms with E-state index < -0.39 is 0 Å². The minimum absolute atomic E-state index is 1.20. The Morgan fingerprint density at radius 3 is 2.73 bits per heavy atom. The van der Waals surface area contributed by atoms with E-state index in [2.05, 4.69) is 61.5 Å². The highest BCUT2D eigenvalue weighted by Crippen LogP contribution is 2.25. The van der Waals surface area contributed by atoms with Gasteiger partial charge in [0.2, 0.25) is 0 Å². The van der Waals surface area contributed by atoms with E-state index in [1.165, 1.54) is 27.1 Å². The van der Waals surface area contributed by atoms with Crippen molar-refractivity contribution in [3.63, 3.8) is 0 Å². The lowest BCUT2D eigenvalue weighted by Gasteiger charge is -2.03. The first kappa shape index (κ1) is 8.49. The van der Waals surface area contributed by atoms with Crippen LogP contribution in [0.4, 0.5) is 0 Å². The van der Waals surface area contributed by atoms with Crippen LogP contribution in [0.25, 0.3) is 21.5 Å². The van der Waals surface area contributed by atoms with Crippen molar-refractivity contribution in [3.05, 3.63) is 60.2 Å². The van der Waals surface area contributed by atoms with Crippen LogP contribution in [-0.4, -0.2) is 0 Å². The molecule has 0 saturated heterocycles. The topological polar surface area (TPSA) is 0 Å². The molecule has 0 amide bonds. The largest absolute Gasteiger partial charge is 0.0616 e. The summed E-state index contributed by atoms with van der Waals surface area (Å²) in [6, 6.07) is 20.4. The Hall–Kier alpha value is -1.82. The Kier molecular flexibility index (Phi) is 1.75. The van der Waals surface area contributed by atoms with Gasteiger partial charge in [-0.1, -0.05) is 48.0 Å². The predicted molar refractivity (Wildman–Crippen MR) is 65.0 cm³/mol. The van der Waals surface area contributed by atoms with E-state index in [0.29, 0.717) is 0 Å². The number of benzene rings is 3. The molecule has 0 saturated carbocycles. The number of rotatable bonds is 0. The molecule has 3 aromatic carbocycles. The number of fused-ring (bicyclic) bond motifs is 3. The fourth-order valence-electron chi connectivity index (χ4n) is 2.04. The third-order valence-electron chi connectivity index (χ3n) is 2.81. The molecule has 0 spiro atoms. The average Bonchev–Trinajstić information content (AvgIpc) is 2.28. The molecule has 0 aliphatic rings. The molecule has 0 aromatic heterocycles. The summed E-state index contributed by atoms with van der Waals surface area (Å²) < 4.78 is 0. The van der Waals surface area contributed by atoms with E-state index in [1.54, 1.807) is 0 Å². The van der Waals surface area contributed by atoms with E-state index in [1.807, 2.05) is 0 Å². The Labute approximate surface area is 89.2 Å². The second-order valence-electron chi connectivity index (χ2n) is 3.92. The van der Waals surface area contributed by atoms with Crippen molar-refractivity contribution in [2.45, 2.75) is 6.92 Å². The molecule has 0 aliphatic heterocycles. The second kappa shape index (κ2) is 3.09. The van der Waals surface area contributed by atoms with Crippen molar-refractivity contribution in [1.82, 2.24) is 0 Å². The van der Waals surface area contributed by atoms with E-state index >= 15 is 0 Å². The summed E-state index contributed by atoms with van der Waals surface area (Å²) in [6.07, 6.45) is 0. The van der Waals surface area contributed by atoms with Crippen LogP contribution in [0.1, 0.15) is 5.56 Å². The molecular formula is C15H11. The van der Waals surface area contributed by atoms with E-state index in [0.717, 1.165) is 0 Å². The summed E-state index contributed by atoms with van der Waals surface area (Å²) in [6.45, 7) is 2.11. The smallest absolute Gasteiger partial charge is 0.00925 e. The van der Waals surface area contributed by atoms with Crippen LogP contribution in [0.15, 0.2) is 48.5 Å². The lowest BCUT2D eigenvalue weighted by molar-refractivity contribution is 1.51. The van der Waals surface area contributed by atoms with Crippen LogP contribution in [0, 0.1) is 13.0 Å². The molecule has 0 N–H and O–H groups in total. The lowest BCUT2D eigenvalue weighted by atomic mass is 10.0. The molecule has 3 aromatic rings. The molecule has 0 aliphatic carbocycles. The van der Waals surface area contributed by atoms with Gasteiger partial charge in [-0.05, 0) is 40.6 Å². The van der Waals surface area contributed by atoms with Crippen molar-refractivity contribution in [2.24, 2.45) is 0 Å². The Morgan fingerprint density at radius 1 is 0.933 bits per heavy atom. The van der Waals surface area contributed by atoms with Crippen molar-refractivity contribution >= 4 is 21.5 Å². The van der Waals surface area contributed by atoms with Gasteiger partial charge >= 0.3 is 0 Å². The summed E-state index contributed by atoms with van der Waals surface area (Å²) in [5.41, 5.74) is 1.29. The van der Waals surface area contributed by atoms with E-state index in [4.69, 9.17) is 0 Å². The maximum Gasteiger partial charge on any atom is -0.00925 e. The van der Waals surface area contributed by atoms with E-state index in [9.17, 15) is 0 Å². The van der Waals surface area contributed by atoms with Crippen LogP contribution >= 0.6 is 0 Å². The standard InChI is InChI=1S/C15H11/c1-11-6-9-15-13(10-11)8-7-12-4-2-3-5-14(12)15/h2-7,9-10H,1H3. The van der Waals surface area contributed by atoms with Crippen molar-refractivity contribution in [1.29, 1.82) is 0 Å². The normalized spacial score (nSPS) is 11.0. The highest BCUT2D eigenvalue weighted by atomic mass is 14.0. The average molecular weight is 191 g/mol. The maximum absolute atomic E-state index is 3.33. The van der Waals surface area contributed by atoms with Crippen LogP contribution in [0.2, 0.25) is 0 Å². The molecule has 0 unspecified atom stereocenters. The molecule has 0 nitrogen and oxygen atoms in total. The molecular weight excluding hydrogens is 180 g/mol. The van der Waals surface area contributed by atoms with Gasteiger partial charge in [0.05, 0.1) is 0 Å². The number of hydrogen-bond acceptors (Lipinski definition) is 0. The first-order valence-corrected chi connectivity index (χ1v) is 5.14. The van der Waals surface area contributed by atoms with Gasteiger partial charge in [-0.15, -0.1) is 0 Å². The molecule has 0 bridgehead atoms. The van der Waals surface area contributed by atoms with Gasteiger partial charge in [-0.2, -0.15) is 0 Å². The predicted octanol–water partition coefficient (Wildman–Crippen LogP) is 4.10. The Morgan fingerprint density at radius 2 is 1.80 bits per heavy atom. The lowest BCUT2D eigenvalue weighted by Crippen LogP contribution is -1.78.